The number of halogens is 1. The summed E-state index contributed by atoms with van der Waals surface area (Å²) < 4.78 is 0. The zero-order valence-corrected chi connectivity index (χ0v) is 9.39. The minimum absolute atomic E-state index is 0.615. The summed E-state index contributed by atoms with van der Waals surface area (Å²) in [6.07, 6.45) is 0. The number of aromatic amines is 1. The van der Waals surface area contributed by atoms with E-state index in [1.54, 1.807) is 6.07 Å². The lowest BCUT2D eigenvalue weighted by Gasteiger charge is -2.04. The van der Waals surface area contributed by atoms with Gasteiger partial charge in [0.05, 0.1) is 16.3 Å². The summed E-state index contributed by atoms with van der Waals surface area (Å²) in [7, 11) is 0. The van der Waals surface area contributed by atoms with E-state index in [1.165, 1.54) is 0 Å². The van der Waals surface area contributed by atoms with Gasteiger partial charge in [-0.15, -0.1) is 0 Å². The zero-order valence-electron chi connectivity index (χ0n) is 8.63. The molecule has 0 radical (unpaired) electrons. The third-order valence-corrected chi connectivity index (χ3v) is 2.73. The number of nitrogens with zero attached hydrogens (tertiary/aromatic N) is 1. The monoisotopic (exact) mass is 221 g/mol. The number of aromatic nitrogens is 2. The van der Waals surface area contributed by atoms with Crippen molar-refractivity contribution in [2.75, 3.05) is 5.73 Å². The van der Waals surface area contributed by atoms with Crippen molar-refractivity contribution in [3.05, 3.63) is 34.6 Å². The van der Waals surface area contributed by atoms with E-state index in [9.17, 15) is 0 Å². The van der Waals surface area contributed by atoms with Crippen LogP contribution in [-0.4, -0.2) is 9.97 Å². The minimum Gasteiger partial charge on any atom is -0.398 e. The van der Waals surface area contributed by atoms with Crippen LogP contribution in [0, 0.1) is 13.8 Å². The Morgan fingerprint density at radius 2 is 2.07 bits per heavy atom. The van der Waals surface area contributed by atoms with Gasteiger partial charge in [0.2, 0.25) is 0 Å². The molecule has 2 aromatic rings. The van der Waals surface area contributed by atoms with Gasteiger partial charge in [-0.2, -0.15) is 0 Å². The Labute approximate surface area is 93.3 Å². The van der Waals surface area contributed by atoms with E-state index in [0.717, 1.165) is 22.8 Å². The van der Waals surface area contributed by atoms with Crippen LogP contribution >= 0.6 is 11.6 Å². The second-order valence-electron chi connectivity index (χ2n) is 3.50. The molecule has 0 aliphatic carbocycles. The van der Waals surface area contributed by atoms with Crippen LogP contribution < -0.4 is 5.73 Å². The fraction of sp³-hybridized carbons (Fsp3) is 0.182. The summed E-state index contributed by atoms with van der Waals surface area (Å²) in [5.41, 5.74) is 9.27. The van der Waals surface area contributed by atoms with Crippen LogP contribution in [0.3, 0.4) is 0 Å². The molecule has 0 amide bonds. The van der Waals surface area contributed by atoms with Crippen LogP contribution in [-0.2, 0) is 0 Å². The minimum atomic E-state index is 0.615. The van der Waals surface area contributed by atoms with E-state index >= 15 is 0 Å². The molecule has 0 spiro atoms. The zero-order chi connectivity index (χ0) is 11.0. The molecule has 78 valence electrons. The summed E-state index contributed by atoms with van der Waals surface area (Å²) in [6, 6.07) is 5.44. The van der Waals surface area contributed by atoms with Crippen LogP contribution in [0.5, 0.6) is 0 Å². The summed E-state index contributed by atoms with van der Waals surface area (Å²) >= 11 is 6.09. The quantitative estimate of drug-likeness (QED) is 0.728. The highest BCUT2D eigenvalue weighted by molar-refractivity contribution is 6.33. The third-order valence-electron chi connectivity index (χ3n) is 2.41. The fourth-order valence-corrected chi connectivity index (χ4v) is 1.73. The van der Waals surface area contributed by atoms with Crippen molar-refractivity contribution in [2.24, 2.45) is 0 Å². The number of imidazole rings is 1. The lowest BCUT2D eigenvalue weighted by atomic mass is 10.2. The molecule has 2 rings (SSSR count). The van der Waals surface area contributed by atoms with Crippen LogP contribution in [0.2, 0.25) is 5.02 Å². The highest BCUT2D eigenvalue weighted by atomic mass is 35.5. The van der Waals surface area contributed by atoms with Crippen molar-refractivity contribution in [3.8, 4) is 11.4 Å². The van der Waals surface area contributed by atoms with E-state index in [-0.39, 0.29) is 0 Å². The smallest absolute Gasteiger partial charge is 0.141 e. The molecule has 1 aromatic heterocycles. The molecule has 4 heteroatoms. The number of hydrogen-bond acceptors (Lipinski definition) is 2. The maximum Gasteiger partial charge on any atom is 0.141 e. The number of nitrogens with two attached hydrogens (primary N) is 1. The molecule has 1 aromatic carbocycles. The molecule has 3 nitrogen and oxygen atoms in total. The Hall–Kier alpha value is -1.48. The van der Waals surface area contributed by atoms with Gasteiger partial charge in [0.25, 0.3) is 0 Å². The third kappa shape index (κ3) is 1.70. The molecule has 3 N–H and O–H groups in total. The fourth-order valence-electron chi connectivity index (χ4n) is 1.46. The average Bonchev–Trinajstić information content (AvgIpc) is 2.46. The Balaban J connectivity index is 2.63. The Bertz CT molecular complexity index is 463. The second kappa shape index (κ2) is 3.59. The second-order valence-corrected chi connectivity index (χ2v) is 3.91. The van der Waals surface area contributed by atoms with Gasteiger partial charge in [-0.3, -0.25) is 0 Å². The molecule has 0 atom stereocenters. The Kier molecular flexibility index (Phi) is 2.40. The highest BCUT2D eigenvalue weighted by Crippen LogP contribution is 2.31. The van der Waals surface area contributed by atoms with Crippen LogP contribution in [0.25, 0.3) is 11.4 Å². The normalized spacial score (nSPS) is 10.6. The van der Waals surface area contributed by atoms with Gasteiger partial charge < -0.3 is 10.7 Å². The first-order chi connectivity index (χ1) is 7.09. The number of nitrogens with one attached hydrogen (secondary N) is 1. The molecular formula is C11H12ClN3. The van der Waals surface area contributed by atoms with Crippen molar-refractivity contribution < 1.29 is 0 Å². The van der Waals surface area contributed by atoms with Gasteiger partial charge in [0.1, 0.15) is 5.82 Å². The molecule has 0 unspecified atom stereocenters. The van der Waals surface area contributed by atoms with Gasteiger partial charge in [-0.25, -0.2) is 4.98 Å². The van der Waals surface area contributed by atoms with Gasteiger partial charge in [0.15, 0.2) is 0 Å². The van der Waals surface area contributed by atoms with E-state index in [0.29, 0.717) is 10.7 Å². The lowest BCUT2D eigenvalue weighted by molar-refractivity contribution is 1.22. The van der Waals surface area contributed by atoms with E-state index < -0.39 is 0 Å². The standard InChI is InChI=1S/C11H12ClN3/c1-6-7(2)15-11(14-6)10-8(12)4-3-5-9(10)13/h3-5H,13H2,1-2H3,(H,14,15). The lowest BCUT2D eigenvalue weighted by Crippen LogP contribution is -1.92. The summed E-state index contributed by atoms with van der Waals surface area (Å²) in [5, 5.41) is 0.615. The van der Waals surface area contributed by atoms with E-state index in [1.807, 2.05) is 26.0 Å². The van der Waals surface area contributed by atoms with E-state index in [2.05, 4.69) is 9.97 Å². The van der Waals surface area contributed by atoms with Gasteiger partial charge in [-0.05, 0) is 26.0 Å². The van der Waals surface area contributed by atoms with E-state index in [4.69, 9.17) is 17.3 Å². The van der Waals surface area contributed by atoms with Crippen molar-refractivity contribution >= 4 is 17.3 Å². The molecule has 1 heterocycles. The molecule has 0 aliphatic rings. The number of hydrogen-bond donors (Lipinski definition) is 2. The number of anilines is 1. The number of benzene rings is 1. The molecule has 15 heavy (non-hydrogen) atoms. The van der Waals surface area contributed by atoms with Crippen molar-refractivity contribution in [2.45, 2.75) is 13.8 Å². The Morgan fingerprint density at radius 3 is 2.60 bits per heavy atom. The molecule has 0 saturated heterocycles. The molecule has 0 aliphatic heterocycles. The number of nitrogen functional groups attached to an aromatic ring is 1. The first-order valence-corrected chi connectivity index (χ1v) is 5.05. The van der Waals surface area contributed by atoms with Crippen LogP contribution in [0.1, 0.15) is 11.4 Å². The van der Waals surface area contributed by atoms with Crippen LogP contribution in [0.4, 0.5) is 5.69 Å². The molecule has 0 fully saturated rings. The largest absolute Gasteiger partial charge is 0.398 e. The Morgan fingerprint density at radius 1 is 1.33 bits per heavy atom. The molecular weight excluding hydrogens is 210 g/mol. The molecule has 0 bridgehead atoms. The van der Waals surface area contributed by atoms with Gasteiger partial charge >= 0.3 is 0 Å². The SMILES string of the molecule is Cc1nc(-c2c(N)cccc2Cl)[nH]c1C. The first-order valence-electron chi connectivity index (χ1n) is 4.67. The average molecular weight is 222 g/mol. The maximum atomic E-state index is 6.09. The predicted molar refractivity (Wildman–Crippen MR) is 62.9 cm³/mol. The first kappa shape index (κ1) is 10.1. The highest BCUT2D eigenvalue weighted by Gasteiger charge is 2.11. The number of rotatable bonds is 1. The topological polar surface area (TPSA) is 54.7 Å². The molecule has 0 saturated carbocycles. The summed E-state index contributed by atoms with van der Waals surface area (Å²) in [6.45, 7) is 3.92. The maximum absolute atomic E-state index is 6.09. The van der Waals surface area contributed by atoms with Crippen LogP contribution in [0.15, 0.2) is 18.2 Å². The predicted octanol–water partition coefficient (Wildman–Crippen LogP) is 2.93. The van der Waals surface area contributed by atoms with Crippen molar-refractivity contribution in [1.82, 2.24) is 9.97 Å². The number of H-pyrrole nitrogens is 1. The van der Waals surface area contributed by atoms with Gasteiger partial charge in [-0.1, -0.05) is 17.7 Å². The number of aryl methyl sites for hydroxylation is 2. The van der Waals surface area contributed by atoms with Gasteiger partial charge in [0, 0.05) is 11.4 Å². The summed E-state index contributed by atoms with van der Waals surface area (Å²) in [5.74, 6) is 0.730. The van der Waals surface area contributed by atoms with Crippen molar-refractivity contribution in [3.63, 3.8) is 0 Å². The van der Waals surface area contributed by atoms with Crippen molar-refractivity contribution in [1.29, 1.82) is 0 Å². The summed E-state index contributed by atoms with van der Waals surface area (Å²) in [4.78, 5) is 7.55.